The fourth-order valence-electron chi connectivity index (χ4n) is 2.38. The number of hydrogen-bond donors (Lipinski definition) is 0. The summed E-state index contributed by atoms with van der Waals surface area (Å²) >= 11 is 0. The largest absolute Gasteiger partial charge is 0.300 e. The standard InChI is InChI=1S/C11H18O/c1-4-10-6-5-7-11(10,3)8-9(2)12/h4H,5-8H2,1-3H3/b10-4+. The summed E-state index contributed by atoms with van der Waals surface area (Å²) in [5.41, 5.74) is 1.68. The number of carbonyl (C=O) groups excluding carboxylic acids is 1. The van der Waals surface area contributed by atoms with Crippen molar-refractivity contribution >= 4 is 5.78 Å². The predicted octanol–water partition coefficient (Wildman–Crippen LogP) is 3.10. The lowest BCUT2D eigenvalue weighted by atomic mass is 9.80. The average Bonchev–Trinajstić information content (AvgIpc) is 2.28. The lowest BCUT2D eigenvalue weighted by molar-refractivity contribution is -0.118. The first-order chi connectivity index (χ1) is 5.58. The van der Waals surface area contributed by atoms with Gasteiger partial charge in [-0.25, -0.2) is 0 Å². The Morgan fingerprint density at radius 1 is 1.67 bits per heavy atom. The van der Waals surface area contributed by atoms with Gasteiger partial charge in [-0.1, -0.05) is 18.6 Å². The molecule has 0 saturated heterocycles. The molecule has 1 unspecified atom stereocenters. The normalized spacial score (nSPS) is 32.8. The second-order valence-corrected chi connectivity index (χ2v) is 4.11. The molecule has 0 N–H and O–H groups in total. The van der Waals surface area contributed by atoms with Crippen LogP contribution in [-0.4, -0.2) is 5.78 Å². The minimum atomic E-state index is 0.195. The zero-order chi connectivity index (χ0) is 9.19. The topological polar surface area (TPSA) is 17.1 Å². The van der Waals surface area contributed by atoms with Gasteiger partial charge in [-0.2, -0.15) is 0 Å². The summed E-state index contributed by atoms with van der Waals surface area (Å²) in [6.45, 7) is 5.99. The second-order valence-electron chi connectivity index (χ2n) is 4.11. The fraction of sp³-hybridized carbons (Fsp3) is 0.727. The molecule has 0 aromatic carbocycles. The van der Waals surface area contributed by atoms with E-state index < -0.39 is 0 Å². The van der Waals surface area contributed by atoms with Gasteiger partial charge in [0, 0.05) is 6.42 Å². The van der Waals surface area contributed by atoms with E-state index in [-0.39, 0.29) is 5.41 Å². The molecule has 1 aliphatic carbocycles. The molecule has 1 nitrogen and oxygen atoms in total. The lowest BCUT2D eigenvalue weighted by Gasteiger charge is -2.24. The first-order valence-corrected chi connectivity index (χ1v) is 4.73. The van der Waals surface area contributed by atoms with Gasteiger partial charge in [0.2, 0.25) is 0 Å². The maximum Gasteiger partial charge on any atom is 0.130 e. The van der Waals surface area contributed by atoms with E-state index in [0.29, 0.717) is 5.78 Å². The van der Waals surface area contributed by atoms with Crippen molar-refractivity contribution in [3.05, 3.63) is 11.6 Å². The molecule has 1 fully saturated rings. The molecule has 1 saturated carbocycles. The number of ketones is 1. The Morgan fingerprint density at radius 2 is 2.33 bits per heavy atom. The molecule has 1 heteroatoms. The maximum atomic E-state index is 11.0. The van der Waals surface area contributed by atoms with Crippen LogP contribution in [-0.2, 0) is 4.79 Å². The van der Waals surface area contributed by atoms with Crippen LogP contribution in [0.15, 0.2) is 11.6 Å². The first kappa shape index (κ1) is 9.50. The van der Waals surface area contributed by atoms with Crippen molar-refractivity contribution in [1.82, 2.24) is 0 Å². The van der Waals surface area contributed by atoms with E-state index in [1.54, 1.807) is 6.92 Å². The average molecular weight is 166 g/mol. The molecular formula is C11H18O. The van der Waals surface area contributed by atoms with Crippen LogP contribution in [0.25, 0.3) is 0 Å². The molecule has 12 heavy (non-hydrogen) atoms. The molecule has 0 amide bonds. The van der Waals surface area contributed by atoms with Crippen LogP contribution >= 0.6 is 0 Å². The van der Waals surface area contributed by atoms with Gasteiger partial charge < -0.3 is 0 Å². The van der Waals surface area contributed by atoms with Crippen molar-refractivity contribution in [1.29, 1.82) is 0 Å². The summed E-state index contributed by atoms with van der Waals surface area (Å²) in [5, 5.41) is 0. The van der Waals surface area contributed by atoms with Crippen molar-refractivity contribution in [3.63, 3.8) is 0 Å². The number of rotatable bonds is 2. The van der Waals surface area contributed by atoms with E-state index in [1.807, 2.05) is 0 Å². The summed E-state index contributed by atoms with van der Waals surface area (Å²) < 4.78 is 0. The van der Waals surface area contributed by atoms with Gasteiger partial charge in [0.1, 0.15) is 5.78 Å². The Labute approximate surface area is 74.9 Å². The van der Waals surface area contributed by atoms with E-state index in [1.165, 1.54) is 24.8 Å². The molecule has 0 heterocycles. The van der Waals surface area contributed by atoms with Gasteiger partial charge in [-0.15, -0.1) is 0 Å². The summed E-state index contributed by atoms with van der Waals surface area (Å²) in [7, 11) is 0. The van der Waals surface area contributed by atoms with Gasteiger partial charge in [0.25, 0.3) is 0 Å². The van der Waals surface area contributed by atoms with Gasteiger partial charge in [0.15, 0.2) is 0 Å². The number of Topliss-reactive ketones (excluding diaryl/α,β-unsaturated/α-hetero) is 1. The van der Waals surface area contributed by atoms with Gasteiger partial charge in [0.05, 0.1) is 0 Å². The van der Waals surface area contributed by atoms with Crippen LogP contribution in [0.4, 0.5) is 0 Å². The Bertz CT molecular complexity index is 215. The van der Waals surface area contributed by atoms with E-state index >= 15 is 0 Å². The summed E-state index contributed by atoms with van der Waals surface area (Å²) in [4.78, 5) is 11.0. The quantitative estimate of drug-likeness (QED) is 0.576. The molecule has 68 valence electrons. The van der Waals surface area contributed by atoms with Crippen LogP contribution < -0.4 is 0 Å². The van der Waals surface area contributed by atoms with Crippen LogP contribution in [0, 0.1) is 5.41 Å². The number of carbonyl (C=O) groups is 1. The van der Waals surface area contributed by atoms with Crippen molar-refractivity contribution < 1.29 is 4.79 Å². The van der Waals surface area contributed by atoms with Crippen LogP contribution in [0.3, 0.4) is 0 Å². The Kier molecular flexibility index (Phi) is 2.71. The molecule has 0 aromatic heterocycles. The highest BCUT2D eigenvalue weighted by Gasteiger charge is 2.33. The summed E-state index contributed by atoms with van der Waals surface area (Å²) in [5.74, 6) is 0.318. The summed E-state index contributed by atoms with van der Waals surface area (Å²) in [6.07, 6.45) is 6.55. The van der Waals surface area contributed by atoms with Gasteiger partial charge >= 0.3 is 0 Å². The van der Waals surface area contributed by atoms with Crippen molar-refractivity contribution in [2.75, 3.05) is 0 Å². The minimum absolute atomic E-state index is 0.195. The molecule has 0 radical (unpaired) electrons. The SMILES string of the molecule is C/C=C1\CCCC1(C)CC(C)=O. The third-order valence-electron chi connectivity index (χ3n) is 2.94. The smallest absolute Gasteiger partial charge is 0.130 e. The van der Waals surface area contributed by atoms with Crippen LogP contribution in [0.5, 0.6) is 0 Å². The van der Waals surface area contributed by atoms with Gasteiger partial charge in [-0.05, 0) is 38.5 Å². The third kappa shape index (κ3) is 1.77. The molecule has 1 atom stereocenters. The molecule has 0 aromatic rings. The van der Waals surface area contributed by atoms with E-state index in [2.05, 4.69) is 19.9 Å². The highest BCUT2D eigenvalue weighted by atomic mass is 16.1. The van der Waals surface area contributed by atoms with Crippen molar-refractivity contribution in [2.24, 2.45) is 5.41 Å². The molecule has 0 spiro atoms. The maximum absolute atomic E-state index is 11.0. The van der Waals surface area contributed by atoms with Crippen LogP contribution in [0.2, 0.25) is 0 Å². The highest BCUT2D eigenvalue weighted by molar-refractivity contribution is 5.76. The fourth-order valence-corrected chi connectivity index (χ4v) is 2.38. The minimum Gasteiger partial charge on any atom is -0.300 e. The highest BCUT2D eigenvalue weighted by Crippen LogP contribution is 2.45. The van der Waals surface area contributed by atoms with Crippen molar-refractivity contribution in [3.8, 4) is 0 Å². The summed E-state index contributed by atoms with van der Waals surface area (Å²) in [6, 6.07) is 0. The Morgan fingerprint density at radius 3 is 2.83 bits per heavy atom. The van der Waals surface area contributed by atoms with Crippen molar-refractivity contribution in [2.45, 2.75) is 46.5 Å². The number of hydrogen-bond acceptors (Lipinski definition) is 1. The molecule has 0 bridgehead atoms. The van der Waals surface area contributed by atoms with E-state index in [4.69, 9.17) is 0 Å². The number of allylic oxidation sites excluding steroid dienone is 2. The van der Waals surface area contributed by atoms with E-state index in [9.17, 15) is 4.79 Å². The monoisotopic (exact) mass is 166 g/mol. The Balaban J connectivity index is 2.75. The van der Waals surface area contributed by atoms with Gasteiger partial charge in [-0.3, -0.25) is 4.79 Å². The van der Waals surface area contributed by atoms with E-state index in [0.717, 1.165) is 6.42 Å². The third-order valence-corrected chi connectivity index (χ3v) is 2.94. The zero-order valence-electron chi connectivity index (χ0n) is 8.31. The Hall–Kier alpha value is -0.590. The zero-order valence-corrected chi connectivity index (χ0v) is 8.31. The molecule has 1 rings (SSSR count). The first-order valence-electron chi connectivity index (χ1n) is 4.73. The molecular weight excluding hydrogens is 148 g/mol. The molecule has 1 aliphatic rings. The van der Waals surface area contributed by atoms with Crippen LogP contribution in [0.1, 0.15) is 46.5 Å². The lowest BCUT2D eigenvalue weighted by Crippen LogP contribution is -2.17. The predicted molar refractivity (Wildman–Crippen MR) is 51.0 cm³/mol. The molecule has 0 aliphatic heterocycles. The second kappa shape index (κ2) is 3.42.